The number of hydrogen-bond donors (Lipinski definition) is 1. The van der Waals surface area contributed by atoms with Gasteiger partial charge in [0.1, 0.15) is 18.4 Å². The minimum atomic E-state index is -4.03. The molecule has 9 heteroatoms. The van der Waals surface area contributed by atoms with E-state index in [1.807, 2.05) is 61.5 Å². The lowest BCUT2D eigenvalue weighted by Crippen LogP contribution is -2.54. The number of anilines is 1. The predicted molar refractivity (Wildman–Crippen MR) is 155 cm³/mol. The van der Waals surface area contributed by atoms with Crippen LogP contribution < -0.4 is 9.62 Å². The molecule has 0 saturated heterocycles. The number of carbonyl (C=O) groups is 2. The Morgan fingerprint density at radius 1 is 0.925 bits per heavy atom. The molecule has 3 aromatic rings. The first-order valence-electron chi connectivity index (χ1n) is 13.5. The standard InChI is InChI=1S/C31H36FN3O4S/c1-23-16-18-25(19-17-23)21-34(30(36)22-35(40(2,38)39)28-15-9-8-14-27(28)32)29(20-24-10-4-3-5-11-24)31(37)33-26-12-6-7-13-26/h3-5,8-11,14-19,26,29H,6-7,12-13,20-22H2,1-2H3,(H,33,37)/t29-/m1/s1. The quantitative estimate of drug-likeness (QED) is 0.368. The Morgan fingerprint density at radius 3 is 2.17 bits per heavy atom. The summed E-state index contributed by atoms with van der Waals surface area (Å²) in [5, 5.41) is 3.13. The number of rotatable bonds is 11. The molecular weight excluding hydrogens is 529 g/mol. The van der Waals surface area contributed by atoms with Crippen LogP contribution in [0, 0.1) is 12.7 Å². The Balaban J connectivity index is 1.72. The van der Waals surface area contributed by atoms with Gasteiger partial charge in [0.15, 0.2) is 0 Å². The average Bonchev–Trinajstić information content (AvgIpc) is 3.43. The molecule has 1 fully saturated rings. The molecule has 0 radical (unpaired) electrons. The smallest absolute Gasteiger partial charge is 0.244 e. The largest absolute Gasteiger partial charge is 0.352 e. The van der Waals surface area contributed by atoms with Gasteiger partial charge in [-0.1, -0.05) is 85.1 Å². The van der Waals surface area contributed by atoms with Gasteiger partial charge in [0.05, 0.1) is 11.9 Å². The molecule has 1 atom stereocenters. The zero-order chi connectivity index (χ0) is 28.7. The zero-order valence-electron chi connectivity index (χ0n) is 22.9. The number of hydrogen-bond acceptors (Lipinski definition) is 4. The fourth-order valence-corrected chi connectivity index (χ4v) is 5.91. The number of nitrogens with zero attached hydrogens (tertiary/aromatic N) is 2. The van der Waals surface area contributed by atoms with E-state index in [2.05, 4.69) is 5.32 Å². The summed E-state index contributed by atoms with van der Waals surface area (Å²) in [6, 6.07) is 21.6. The second-order valence-corrected chi connectivity index (χ2v) is 12.3. The molecule has 0 heterocycles. The lowest BCUT2D eigenvalue weighted by atomic mass is 10.0. The van der Waals surface area contributed by atoms with Crippen molar-refractivity contribution in [2.45, 2.75) is 57.7 Å². The van der Waals surface area contributed by atoms with Gasteiger partial charge in [-0.05, 0) is 43.0 Å². The average molecular weight is 566 g/mol. The Bertz CT molecular complexity index is 1410. The third kappa shape index (κ3) is 7.69. The SMILES string of the molecule is Cc1ccc(CN(C(=O)CN(c2ccccc2F)S(C)(=O)=O)[C@H](Cc2ccccc2)C(=O)NC2CCCC2)cc1. The Morgan fingerprint density at radius 2 is 1.55 bits per heavy atom. The van der Waals surface area contributed by atoms with E-state index in [1.54, 1.807) is 0 Å². The lowest BCUT2D eigenvalue weighted by Gasteiger charge is -2.34. The monoisotopic (exact) mass is 565 g/mol. The summed E-state index contributed by atoms with van der Waals surface area (Å²) in [6.45, 7) is 1.40. The number of amides is 2. The van der Waals surface area contributed by atoms with E-state index in [-0.39, 0.29) is 30.6 Å². The molecule has 1 aliphatic carbocycles. The van der Waals surface area contributed by atoms with Crippen LogP contribution in [-0.2, 0) is 32.6 Å². The maximum atomic E-state index is 14.7. The van der Waals surface area contributed by atoms with Gasteiger partial charge in [-0.15, -0.1) is 0 Å². The highest BCUT2D eigenvalue weighted by Gasteiger charge is 2.34. The summed E-state index contributed by atoms with van der Waals surface area (Å²) in [4.78, 5) is 29.3. The molecule has 2 amide bonds. The normalized spacial score (nSPS) is 14.5. The second kappa shape index (κ2) is 13.1. The summed E-state index contributed by atoms with van der Waals surface area (Å²) in [5.41, 5.74) is 2.49. The van der Waals surface area contributed by atoms with Crippen molar-refractivity contribution in [2.24, 2.45) is 0 Å². The van der Waals surface area contributed by atoms with Crippen molar-refractivity contribution in [1.29, 1.82) is 0 Å². The molecule has 40 heavy (non-hydrogen) atoms. The Hall–Kier alpha value is -3.72. The van der Waals surface area contributed by atoms with Crippen LogP contribution in [0.2, 0.25) is 0 Å². The summed E-state index contributed by atoms with van der Waals surface area (Å²) in [7, 11) is -4.03. The van der Waals surface area contributed by atoms with E-state index in [9.17, 15) is 22.4 Å². The molecule has 3 aromatic carbocycles. The summed E-state index contributed by atoms with van der Waals surface area (Å²) in [6.07, 6.45) is 5.01. The number of nitrogens with one attached hydrogen (secondary N) is 1. The number of sulfonamides is 1. The van der Waals surface area contributed by atoms with Crippen molar-refractivity contribution < 1.29 is 22.4 Å². The number of carbonyl (C=O) groups excluding carboxylic acids is 2. The fourth-order valence-electron chi connectivity index (χ4n) is 5.06. The predicted octanol–water partition coefficient (Wildman–Crippen LogP) is 4.60. The fraction of sp³-hybridized carbons (Fsp3) is 0.355. The van der Waals surface area contributed by atoms with Gasteiger partial charge in [-0.25, -0.2) is 12.8 Å². The summed E-state index contributed by atoms with van der Waals surface area (Å²) >= 11 is 0. The van der Waals surface area contributed by atoms with E-state index in [1.165, 1.54) is 23.1 Å². The number of halogens is 1. The molecule has 0 spiro atoms. The van der Waals surface area contributed by atoms with Gasteiger partial charge in [-0.3, -0.25) is 13.9 Å². The number of aryl methyl sites for hydroxylation is 1. The van der Waals surface area contributed by atoms with Crippen LogP contribution in [0.25, 0.3) is 0 Å². The Labute approximate surface area is 236 Å². The molecule has 1 aliphatic rings. The maximum absolute atomic E-state index is 14.7. The van der Waals surface area contributed by atoms with Crippen molar-refractivity contribution in [3.8, 4) is 0 Å². The summed E-state index contributed by atoms with van der Waals surface area (Å²) in [5.74, 6) is -1.64. The minimum absolute atomic E-state index is 0.0352. The topological polar surface area (TPSA) is 86.8 Å². The second-order valence-electron chi connectivity index (χ2n) is 10.4. The Kier molecular flexibility index (Phi) is 9.58. The molecule has 0 unspecified atom stereocenters. The highest BCUT2D eigenvalue weighted by Crippen LogP contribution is 2.24. The molecule has 1 saturated carbocycles. The zero-order valence-corrected chi connectivity index (χ0v) is 23.7. The van der Waals surface area contributed by atoms with Crippen molar-refractivity contribution >= 4 is 27.5 Å². The van der Waals surface area contributed by atoms with Crippen molar-refractivity contribution in [3.63, 3.8) is 0 Å². The van der Waals surface area contributed by atoms with Gasteiger partial charge < -0.3 is 10.2 Å². The van der Waals surface area contributed by atoms with Crippen LogP contribution in [-0.4, -0.2) is 50.0 Å². The molecule has 4 rings (SSSR count). The maximum Gasteiger partial charge on any atom is 0.244 e. The van der Waals surface area contributed by atoms with Crippen LogP contribution >= 0.6 is 0 Å². The van der Waals surface area contributed by atoms with E-state index in [4.69, 9.17) is 0 Å². The van der Waals surface area contributed by atoms with Gasteiger partial charge in [0.25, 0.3) is 0 Å². The number of para-hydroxylation sites is 1. The van der Waals surface area contributed by atoms with Crippen LogP contribution in [0.3, 0.4) is 0 Å². The lowest BCUT2D eigenvalue weighted by molar-refractivity contribution is -0.140. The summed E-state index contributed by atoms with van der Waals surface area (Å²) < 4.78 is 41.0. The van der Waals surface area contributed by atoms with E-state index >= 15 is 0 Å². The molecule has 0 aromatic heterocycles. The first-order chi connectivity index (χ1) is 19.1. The molecule has 1 N–H and O–H groups in total. The third-order valence-corrected chi connectivity index (χ3v) is 8.37. The van der Waals surface area contributed by atoms with Crippen LogP contribution in [0.4, 0.5) is 10.1 Å². The van der Waals surface area contributed by atoms with Gasteiger partial charge in [0.2, 0.25) is 21.8 Å². The van der Waals surface area contributed by atoms with Crippen molar-refractivity contribution in [3.05, 3.63) is 101 Å². The van der Waals surface area contributed by atoms with Crippen LogP contribution in [0.15, 0.2) is 78.9 Å². The molecular formula is C31H36FN3O4S. The first kappa shape index (κ1) is 29.3. The first-order valence-corrected chi connectivity index (χ1v) is 15.4. The van der Waals surface area contributed by atoms with Gasteiger partial charge >= 0.3 is 0 Å². The molecule has 212 valence electrons. The number of benzene rings is 3. The van der Waals surface area contributed by atoms with Gasteiger partial charge in [-0.2, -0.15) is 0 Å². The van der Waals surface area contributed by atoms with Crippen LogP contribution in [0.5, 0.6) is 0 Å². The van der Waals surface area contributed by atoms with E-state index < -0.39 is 34.3 Å². The molecule has 7 nitrogen and oxygen atoms in total. The highest BCUT2D eigenvalue weighted by molar-refractivity contribution is 7.92. The van der Waals surface area contributed by atoms with Crippen LogP contribution in [0.1, 0.15) is 42.4 Å². The minimum Gasteiger partial charge on any atom is -0.352 e. The highest BCUT2D eigenvalue weighted by atomic mass is 32.2. The van der Waals surface area contributed by atoms with Crippen molar-refractivity contribution in [1.82, 2.24) is 10.2 Å². The van der Waals surface area contributed by atoms with Crippen molar-refractivity contribution in [2.75, 3.05) is 17.1 Å². The molecule has 0 aliphatic heterocycles. The third-order valence-electron chi connectivity index (χ3n) is 7.25. The van der Waals surface area contributed by atoms with Gasteiger partial charge in [0, 0.05) is 19.0 Å². The molecule has 0 bridgehead atoms. The van der Waals surface area contributed by atoms with E-state index in [0.29, 0.717) is 0 Å². The van der Waals surface area contributed by atoms with E-state index in [0.717, 1.165) is 59.0 Å².